The average molecular weight is 387 g/mol. The third kappa shape index (κ3) is 4.75. The van der Waals surface area contributed by atoms with E-state index in [4.69, 9.17) is 9.84 Å². The topological polar surface area (TPSA) is 111 Å². The number of carbonyl (C=O) groups is 2. The molecular weight excluding hydrogens is 362 g/mol. The van der Waals surface area contributed by atoms with Crippen LogP contribution in [-0.4, -0.2) is 46.0 Å². The van der Waals surface area contributed by atoms with Crippen LogP contribution in [0.25, 0.3) is 10.8 Å². The first-order chi connectivity index (χ1) is 13.6. The highest BCUT2D eigenvalue weighted by Gasteiger charge is 2.20. The molecule has 0 atom stereocenters. The fourth-order valence-electron chi connectivity index (χ4n) is 3.52. The van der Waals surface area contributed by atoms with Crippen molar-refractivity contribution in [1.82, 2.24) is 15.1 Å². The zero-order valence-electron chi connectivity index (χ0n) is 15.7. The van der Waals surface area contributed by atoms with E-state index in [2.05, 4.69) is 10.4 Å². The normalized spacial score (nSPS) is 15.2. The summed E-state index contributed by atoms with van der Waals surface area (Å²) in [5, 5.41) is 16.7. The molecule has 1 aromatic carbocycles. The molecule has 0 radical (unpaired) electrons. The maximum atomic E-state index is 12.5. The fourth-order valence-corrected chi connectivity index (χ4v) is 3.52. The van der Waals surface area contributed by atoms with Gasteiger partial charge in [-0.15, -0.1) is 0 Å². The van der Waals surface area contributed by atoms with Gasteiger partial charge in [-0.3, -0.25) is 9.59 Å². The second kappa shape index (κ2) is 9.45. The smallest absolute Gasteiger partial charge is 0.359 e. The zero-order valence-corrected chi connectivity index (χ0v) is 15.7. The van der Waals surface area contributed by atoms with E-state index in [1.807, 2.05) is 0 Å². The molecule has 1 aliphatic rings. The molecule has 0 saturated heterocycles. The number of nitrogens with zero attached hydrogens (tertiary/aromatic N) is 2. The van der Waals surface area contributed by atoms with Crippen LogP contribution in [0.1, 0.15) is 49.0 Å². The Morgan fingerprint density at radius 3 is 2.50 bits per heavy atom. The van der Waals surface area contributed by atoms with Gasteiger partial charge in [-0.05, 0) is 18.9 Å². The second-order valence-electron chi connectivity index (χ2n) is 6.98. The van der Waals surface area contributed by atoms with Gasteiger partial charge in [0.15, 0.2) is 12.3 Å². The van der Waals surface area contributed by atoms with Crippen molar-refractivity contribution in [2.24, 2.45) is 0 Å². The van der Waals surface area contributed by atoms with Crippen LogP contribution in [0.5, 0.6) is 0 Å². The second-order valence-corrected chi connectivity index (χ2v) is 6.98. The molecule has 150 valence electrons. The van der Waals surface area contributed by atoms with Crippen molar-refractivity contribution in [2.75, 3.05) is 13.2 Å². The van der Waals surface area contributed by atoms with Gasteiger partial charge in [0, 0.05) is 11.4 Å². The highest BCUT2D eigenvalue weighted by Crippen LogP contribution is 2.17. The Morgan fingerprint density at radius 1 is 1.14 bits per heavy atom. The van der Waals surface area contributed by atoms with Crippen molar-refractivity contribution in [3.8, 4) is 0 Å². The first-order valence-corrected chi connectivity index (χ1v) is 9.67. The summed E-state index contributed by atoms with van der Waals surface area (Å²) in [6.45, 7) is -0.722. The molecule has 3 rings (SSSR count). The summed E-state index contributed by atoms with van der Waals surface area (Å²) >= 11 is 0. The predicted octanol–water partition coefficient (Wildman–Crippen LogP) is 1.38. The lowest BCUT2D eigenvalue weighted by molar-refractivity contribution is -0.125. The van der Waals surface area contributed by atoms with Crippen LogP contribution in [-0.2, 0) is 16.1 Å². The summed E-state index contributed by atoms with van der Waals surface area (Å²) in [5.41, 5.74) is -0.446. The summed E-state index contributed by atoms with van der Waals surface area (Å²) in [6.07, 6.45) is 6.43. The highest BCUT2D eigenvalue weighted by atomic mass is 16.5. The largest absolute Gasteiger partial charge is 0.451 e. The standard InChI is InChI=1S/C20H25N3O5/c24-12-11-23-19(26)16-10-6-5-9-15(16)18(22-23)20(27)28-13-17(25)21-14-7-3-1-2-4-8-14/h5-6,9-10,14,24H,1-4,7-8,11-13H2,(H,21,25). The van der Waals surface area contributed by atoms with Gasteiger partial charge < -0.3 is 15.2 Å². The lowest BCUT2D eigenvalue weighted by Crippen LogP contribution is -2.37. The molecule has 0 aliphatic heterocycles. The van der Waals surface area contributed by atoms with Crippen molar-refractivity contribution >= 4 is 22.6 Å². The molecule has 0 spiro atoms. The number of esters is 1. The van der Waals surface area contributed by atoms with E-state index in [9.17, 15) is 14.4 Å². The van der Waals surface area contributed by atoms with Crippen LogP contribution in [0.3, 0.4) is 0 Å². The molecule has 28 heavy (non-hydrogen) atoms. The van der Waals surface area contributed by atoms with Crippen molar-refractivity contribution in [1.29, 1.82) is 0 Å². The molecule has 0 unspecified atom stereocenters. The van der Waals surface area contributed by atoms with Crippen LogP contribution in [0.2, 0.25) is 0 Å². The lowest BCUT2D eigenvalue weighted by Gasteiger charge is -2.16. The summed E-state index contributed by atoms with van der Waals surface area (Å²) in [4.78, 5) is 37.1. The quantitative estimate of drug-likeness (QED) is 0.572. The third-order valence-electron chi connectivity index (χ3n) is 4.93. The number of fused-ring (bicyclic) bond motifs is 1. The number of rotatable bonds is 6. The van der Waals surface area contributed by atoms with Gasteiger partial charge in [0.2, 0.25) is 0 Å². The average Bonchev–Trinajstić information content (AvgIpc) is 2.97. The molecule has 1 fully saturated rings. The Balaban J connectivity index is 1.71. The number of hydrogen-bond donors (Lipinski definition) is 2. The summed E-state index contributed by atoms with van der Waals surface area (Å²) < 4.78 is 6.18. The minimum Gasteiger partial charge on any atom is -0.451 e. The van der Waals surface area contributed by atoms with E-state index in [1.165, 1.54) is 12.8 Å². The molecule has 1 amide bonds. The Hall–Kier alpha value is -2.74. The van der Waals surface area contributed by atoms with Gasteiger partial charge >= 0.3 is 5.97 Å². The van der Waals surface area contributed by atoms with E-state index < -0.39 is 18.1 Å². The van der Waals surface area contributed by atoms with E-state index in [1.54, 1.807) is 24.3 Å². The molecule has 2 N–H and O–H groups in total. The monoisotopic (exact) mass is 387 g/mol. The molecular formula is C20H25N3O5. The van der Waals surface area contributed by atoms with Gasteiger partial charge in [0.25, 0.3) is 11.5 Å². The van der Waals surface area contributed by atoms with E-state index >= 15 is 0 Å². The first-order valence-electron chi connectivity index (χ1n) is 9.67. The van der Waals surface area contributed by atoms with Gasteiger partial charge in [-0.25, -0.2) is 9.48 Å². The molecule has 0 bridgehead atoms. The number of carbonyl (C=O) groups excluding carboxylic acids is 2. The molecule has 1 aromatic heterocycles. The Morgan fingerprint density at radius 2 is 1.82 bits per heavy atom. The number of aliphatic hydroxyl groups excluding tert-OH is 1. The molecule has 1 aliphatic carbocycles. The number of benzene rings is 1. The van der Waals surface area contributed by atoms with E-state index in [-0.39, 0.29) is 30.8 Å². The summed E-state index contributed by atoms with van der Waals surface area (Å²) in [5.74, 6) is -1.12. The predicted molar refractivity (Wildman–Crippen MR) is 103 cm³/mol. The number of amides is 1. The van der Waals surface area contributed by atoms with Crippen molar-refractivity contribution in [2.45, 2.75) is 51.1 Å². The van der Waals surface area contributed by atoms with Gasteiger partial charge in [-0.2, -0.15) is 5.10 Å². The zero-order chi connectivity index (χ0) is 19.9. The van der Waals surface area contributed by atoms with Crippen LogP contribution >= 0.6 is 0 Å². The molecule has 1 saturated carbocycles. The lowest BCUT2D eigenvalue weighted by atomic mass is 10.1. The van der Waals surface area contributed by atoms with Gasteiger partial charge in [0.05, 0.1) is 18.5 Å². The fraction of sp³-hybridized carbons (Fsp3) is 0.500. The van der Waals surface area contributed by atoms with Crippen molar-refractivity contribution in [3.63, 3.8) is 0 Å². The van der Waals surface area contributed by atoms with Gasteiger partial charge in [-0.1, -0.05) is 43.9 Å². The van der Waals surface area contributed by atoms with Crippen molar-refractivity contribution in [3.05, 3.63) is 40.3 Å². The van der Waals surface area contributed by atoms with Crippen LogP contribution in [0.15, 0.2) is 29.1 Å². The third-order valence-corrected chi connectivity index (χ3v) is 4.93. The van der Waals surface area contributed by atoms with E-state index in [0.717, 1.165) is 30.4 Å². The number of nitrogens with one attached hydrogen (secondary N) is 1. The number of aliphatic hydroxyl groups is 1. The maximum Gasteiger partial charge on any atom is 0.359 e. The minimum atomic E-state index is -0.779. The minimum absolute atomic E-state index is 0.0356. The molecule has 1 heterocycles. The number of hydrogen-bond acceptors (Lipinski definition) is 6. The molecule has 8 nitrogen and oxygen atoms in total. The number of aromatic nitrogens is 2. The Labute approximate surface area is 162 Å². The van der Waals surface area contributed by atoms with E-state index in [0.29, 0.717) is 10.8 Å². The van der Waals surface area contributed by atoms with Crippen molar-refractivity contribution < 1.29 is 19.4 Å². The Kier molecular flexibility index (Phi) is 6.76. The molecule has 8 heteroatoms. The van der Waals surface area contributed by atoms with Crippen LogP contribution < -0.4 is 10.9 Å². The SMILES string of the molecule is O=C(COC(=O)c1nn(CCO)c(=O)c2ccccc12)NC1CCCCCC1. The Bertz CT molecular complexity index is 900. The first kappa shape index (κ1) is 20.0. The summed E-state index contributed by atoms with van der Waals surface area (Å²) in [6, 6.07) is 6.69. The maximum absolute atomic E-state index is 12.5. The summed E-state index contributed by atoms with van der Waals surface area (Å²) in [7, 11) is 0. The van der Waals surface area contributed by atoms with Gasteiger partial charge in [0.1, 0.15) is 0 Å². The highest BCUT2D eigenvalue weighted by molar-refractivity contribution is 6.02. The molecule has 2 aromatic rings. The number of ether oxygens (including phenoxy) is 1. The van der Waals surface area contributed by atoms with Crippen LogP contribution in [0.4, 0.5) is 0 Å². The van der Waals surface area contributed by atoms with Crippen LogP contribution in [0, 0.1) is 0 Å².